The van der Waals surface area contributed by atoms with Gasteiger partial charge in [0, 0.05) is 5.56 Å². The molecule has 0 unspecified atom stereocenters. The zero-order valence-corrected chi connectivity index (χ0v) is 21.7. The molecule has 0 aliphatic rings. The lowest BCUT2D eigenvalue weighted by molar-refractivity contribution is -0.113. The van der Waals surface area contributed by atoms with E-state index in [1.54, 1.807) is 67.6 Å². The van der Waals surface area contributed by atoms with Crippen LogP contribution in [0.1, 0.15) is 11.1 Å². The maximum absolute atomic E-state index is 13.5. The fourth-order valence-corrected chi connectivity index (χ4v) is 6.80. The number of nitrogens with one attached hydrogen (secondary N) is 2. The van der Waals surface area contributed by atoms with Gasteiger partial charge in [0.1, 0.15) is 11.6 Å². The van der Waals surface area contributed by atoms with Crippen molar-refractivity contribution in [1.82, 2.24) is 9.97 Å². The van der Waals surface area contributed by atoms with E-state index < -0.39 is 41.4 Å². The molecule has 3 aromatic carbocycles. The van der Waals surface area contributed by atoms with Crippen molar-refractivity contribution in [2.24, 2.45) is 0 Å². The van der Waals surface area contributed by atoms with Crippen LogP contribution in [0.3, 0.4) is 0 Å². The molecule has 0 saturated carbocycles. The molecular formula is C25H22ClN3O5S2. The molecule has 4 rings (SSSR count). The van der Waals surface area contributed by atoms with Crippen LogP contribution in [-0.4, -0.2) is 38.5 Å². The number of aromatic amines is 1. The highest BCUT2D eigenvalue weighted by Crippen LogP contribution is 2.30. The lowest BCUT2D eigenvalue weighted by Gasteiger charge is -2.09. The summed E-state index contributed by atoms with van der Waals surface area (Å²) in [6, 6.07) is 19.4. The van der Waals surface area contributed by atoms with E-state index in [1.807, 2.05) is 6.92 Å². The topological polar surface area (TPSA) is 126 Å². The summed E-state index contributed by atoms with van der Waals surface area (Å²) in [5.41, 5.74) is 2.42. The number of H-pyrrole nitrogens is 1. The number of hydrogen-bond donors (Lipinski definition) is 2. The average Bonchev–Trinajstić information content (AvgIpc) is 3.29. The number of aryl methyl sites for hydroxylation is 2. The summed E-state index contributed by atoms with van der Waals surface area (Å²) in [7, 11) is -8.81. The molecule has 8 nitrogen and oxygen atoms in total. The second kappa shape index (κ2) is 9.88. The molecule has 0 aliphatic carbocycles. The van der Waals surface area contributed by atoms with Crippen molar-refractivity contribution in [3.63, 3.8) is 0 Å². The highest BCUT2D eigenvalue weighted by Gasteiger charge is 2.34. The van der Waals surface area contributed by atoms with Gasteiger partial charge in [-0.05, 0) is 43.7 Å². The number of carbonyl (C=O) groups is 1. The van der Waals surface area contributed by atoms with E-state index in [2.05, 4.69) is 15.3 Å². The van der Waals surface area contributed by atoms with Gasteiger partial charge < -0.3 is 10.3 Å². The van der Waals surface area contributed by atoms with Crippen LogP contribution in [0.5, 0.6) is 0 Å². The first kappa shape index (κ1) is 25.6. The van der Waals surface area contributed by atoms with Crippen molar-refractivity contribution in [2.75, 3.05) is 11.1 Å². The van der Waals surface area contributed by atoms with Gasteiger partial charge in [0.15, 0.2) is 10.1 Å². The Balaban J connectivity index is 1.76. The third-order valence-electron chi connectivity index (χ3n) is 5.30. The minimum Gasteiger partial charge on any atom is -0.328 e. The Morgan fingerprint density at radius 3 is 2.19 bits per heavy atom. The van der Waals surface area contributed by atoms with Crippen LogP contribution in [0.15, 0.2) is 87.7 Å². The molecule has 0 saturated heterocycles. The number of sulfone groups is 2. The Hall–Kier alpha value is -3.47. The lowest BCUT2D eigenvalue weighted by Crippen LogP contribution is -2.24. The number of halogens is 1. The zero-order chi connectivity index (χ0) is 26.1. The summed E-state index contributed by atoms with van der Waals surface area (Å²) in [5, 5.41) is 1.37. The first-order valence-electron chi connectivity index (χ1n) is 10.7. The van der Waals surface area contributed by atoms with Gasteiger partial charge in [-0.2, -0.15) is 0 Å². The van der Waals surface area contributed by atoms with Crippen LogP contribution >= 0.6 is 11.6 Å². The normalized spacial score (nSPS) is 11.9. The lowest BCUT2D eigenvalue weighted by atomic mass is 10.2. The van der Waals surface area contributed by atoms with Gasteiger partial charge in [0.05, 0.1) is 15.6 Å². The first-order valence-corrected chi connectivity index (χ1v) is 14.2. The molecule has 2 N–H and O–H groups in total. The highest BCUT2D eigenvalue weighted by atomic mass is 35.5. The molecule has 186 valence electrons. The summed E-state index contributed by atoms with van der Waals surface area (Å²) in [6.45, 7) is 3.62. The van der Waals surface area contributed by atoms with E-state index >= 15 is 0 Å². The van der Waals surface area contributed by atoms with Crippen molar-refractivity contribution < 1.29 is 21.6 Å². The molecule has 36 heavy (non-hydrogen) atoms. The summed E-state index contributed by atoms with van der Waals surface area (Å²) >= 11 is 6.14. The summed E-state index contributed by atoms with van der Waals surface area (Å²) in [4.78, 5) is 19.3. The van der Waals surface area contributed by atoms with Crippen molar-refractivity contribution in [1.29, 1.82) is 0 Å². The summed E-state index contributed by atoms with van der Waals surface area (Å²) in [5.74, 6) is -1.88. The second-order valence-electron chi connectivity index (χ2n) is 8.19. The number of anilines is 1. The van der Waals surface area contributed by atoms with E-state index in [1.165, 1.54) is 12.1 Å². The monoisotopic (exact) mass is 543 g/mol. The number of benzene rings is 3. The molecule has 1 heterocycles. The second-order valence-corrected chi connectivity index (χ2v) is 12.4. The van der Waals surface area contributed by atoms with Crippen LogP contribution in [-0.2, 0) is 24.5 Å². The highest BCUT2D eigenvalue weighted by molar-refractivity contribution is 7.94. The number of amides is 1. The van der Waals surface area contributed by atoms with Crippen molar-refractivity contribution >= 4 is 42.9 Å². The Morgan fingerprint density at radius 2 is 1.56 bits per heavy atom. The average molecular weight is 544 g/mol. The molecule has 0 aliphatic heterocycles. The van der Waals surface area contributed by atoms with E-state index in [9.17, 15) is 21.6 Å². The Kier molecular flexibility index (Phi) is 7.03. The SMILES string of the molecule is Cc1ccc(S(=O)(=O)c2[nH]c(-c3ccccc3)nc2S(=O)(=O)CC(=O)Nc2ccc(C)cc2Cl)cc1. The Morgan fingerprint density at radius 1 is 0.917 bits per heavy atom. The van der Waals surface area contributed by atoms with Crippen LogP contribution in [0.4, 0.5) is 5.69 Å². The minimum atomic E-state index is -4.49. The van der Waals surface area contributed by atoms with E-state index in [4.69, 9.17) is 11.6 Å². The van der Waals surface area contributed by atoms with E-state index in [0.29, 0.717) is 5.56 Å². The summed E-state index contributed by atoms with van der Waals surface area (Å²) < 4.78 is 53.6. The van der Waals surface area contributed by atoms with Gasteiger partial charge in [0.2, 0.25) is 25.6 Å². The van der Waals surface area contributed by atoms with Gasteiger partial charge in [-0.25, -0.2) is 21.8 Å². The predicted molar refractivity (Wildman–Crippen MR) is 138 cm³/mol. The molecule has 0 fully saturated rings. The molecule has 0 atom stereocenters. The Bertz CT molecular complexity index is 1650. The number of imidazole rings is 1. The minimum absolute atomic E-state index is 0.0434. The van der Waals surface area contributed by atoms with Gasteiger partial charge in [0.25, 0.3) is 0 Å². The fraction of sp³-hybridized carbons (Fsp3) is 0.120. The van der Waals surface area contributed by atoms with Gasteiger partial charge in [-0.3, -0.25) is 4.79 Å². The first-order chi connectivity index (χ1) is 17.0. The summed E-state index contributed by atoms with van der Waals surface area (Å²) in [6.07, 6.45) is 0. The number of hydrogen-bond acceptors (Lipinski definition) is 6. The molecule has 4 aromatic rings. The fourth-order valence-electron chi connectivity index (χ4n) is 3.45. The largest absolute Gasteiger partial charge is 0.328 e. The third kappa shape index (κ3) is 5.35. The number of rotatable bonds is 7. The quantitative estimate of drug-likeness (QED) is 0.351. The zero-order valence-electron chi connectivity index (χ0n) is 19.3. The maximum Gasteiger partial charge on any atom is 0.240 e. The predicted octanol–water partition coefficient (Wildman–Crippen LogP) is 4.59. The molecule has 1 aromatic heterocycles. The molecule has 0 radical (unpaired) electrons. The number of carbonyl (C=O) groups excluding carboxylic acids is 1. The third-order valence-corrected chi connectivity index (χ3v) is 9.00. The van der Waals surface area contributed by atoms with Gasteiger partial charge in [-0.1, -0.05) is 65.7 Å². The van der Waals surface area contributed by atoms with Crippen LogP contribution in [0, 0.1) is 13.8 Å². The molecule has 0 spiro atoms. The molecule has 1 amide bonds. The van der Waals surface area contributed by atoms with Crippen LogP contribution in [0.2, 0.25) is 5.02 Å². The number of aromatic nitrogens is 2. The van der Waals surface area contributed by atoms with Crippen molar-refractivity contribution in [3.8, 4) is 11.4 Å². The molecule has 0 bridgehead atoms. The molecular weight excluding hydrogens is 522 g/mol. The van der Waals surface area contributed by atoms with E-state index in [-0.39, 0.29) is 21.4 Å². The smallest absolute Gasteiger partial charge is 0.240 e. The standard InChI is InChI=1S/C25H22ClN3O5S2/c1-16-8-11-19(12-9-16)36(33,34)25-24(28-23(29-25)18-6-4-3-5-7-18)35(31,32)15-22(30)27-21-13-10-17(2)14-20(21)26/h3-14H,15H2,1-2H3,(H,27,30)(H,28,29). The van der Waals surface area contributed by atoms with Crippen LogP contribution in [0.25, 0.3) is 11.4 Å². The maximum atomic E-state index is 13.5. The van der Waals surface area contributed by atoms with E-state index in [0.717, 1.165) is 11.1 Å². The van der Waals surface area contributed by atoms with Gasteiger partial charge in [-0.15, -0.1) is 0 Å². The van der Waals surface area contributed by atoms with Crippen molar-refractivity contribution in [2.45, 2.75) is 28.8 Å². The van der Waals surface area contributed by atoms with Gasteiger partial charge >= 0.3 is 0 Å². The van der Waals surface area contributed by atoms with Crippen molar-refractivity contribution in [3.05, 3.63) is 88.9 Å². The molecule has 11 heteroatoms. The van der Waals surface area contributed by atoms with Crippen LogP contribution < -0.4 is 5.32 Å². The Labute approximate surface area is 214 Å². The number of nitrogens with zero attached hydrogens (tertiary/aromatic N) is 1.